The molecule has 1 N–H and O–H groups in total. The number of hydrogen-bond acceptors (Lipinski definition) is 5. The van der Waals surface area contributed by atoms with Crippen molar-refractivity contribution in [2.75, 3.05) is 18.9 Å². The van der Waals surface area contributed by atoms with Crippen LogP contribution in [0.5, 0.6) is 0 Å². The van der Waals surface area contributed by atoms with E-state index in [9.17, 15) is 23.3 Å². The standard InChI is InChI=1S/C18H18N4O5S/c1-21-12-4-7-17(21)20-28(26,27)14-10-8-13(9-11-14)19-18(23)15-5-2-3-6-16(15)22(24)25/h2-3,5-6,8-11H,4,7,12H2,1H3,(H,19,23). The summed E-state index contributed by atoms with van der Waals surface area (Å²) in [6, 6.07) is 11.1. The molecule has 0 radical (unpaired) electrons. The second-order valence-electron chi connectivity index (χ2n) is 6.26. The van der Waals surface area contributed by atoms with Gasteiger partial charge in [-0.2, -0.15) is 8.42 Å². The molecule has 28 heavy (non-hydrogen) atoms. The third kappa shape index (κ3) is 4.17. The summed E-state index contributed by atoms with van der Waals surface area (Å²) in [5.41, 5.74) is -0.0803. The molecule has 0 aliphatic carbocycles. The van der Waals surface area contributed by atoms with Crippen LogP contribution in [0.4, 0.5) is 11.4 Å². The van der Waals surface area contributed by atoms with Crippen LogP contribution in [0.15, 0.2) is 57.8 Å². The van der Waals surface area contributed by atoms with E-state index in [-0.39, 0.29) is 16.1 Å². The highest BCUT2D eigenvalue weighted by Crippen LogP contribution is 2.22. The Kier molecular flexibility index (Phi) is 5.41. The van der Waals surface area contributed by atoms with Crippen LogP contribution in [0.2, 0.25) is 0 Å². The number of nitrogens with one attached hydrogen (secondary N) is 1. The van der Waals surface area contributed by atoms with Gasteiger partial charge < -0.3 is 10.2 Å². The number of hydrogen-bond donors (Lipinski definition) is 1. The van der Waals surface area contributed by atoms with Crippen LogP contribution in [-0.4, -0.2) is 43.6 Å². The molecule has 0 spiro atoms. The zero-order valence-electron chi connectivity index (χ0n) is 15.0. The quantitative estimate of drug-likeness (QED) is 0.606. The lowest BCUT2D eigenvalue weighted by Crippen LogP contribution is -2.20. The molecule has 1 amide bonds. The van der Waals surface area contributed by atoms with E-state index in [2.05, 4.69) is 9.71 Å². The van der Waals surface area contributed by atoms with Gasteiger partial charge in [-0.05, 0) is 36.8 Å². The number of nitro benzene ring substituents is 1. The van der Waals surface area contributed by atoms with Crippen molar-refractivity contribution in [3.63, 3.8) is 0 Å². The van der Waals surface area contributed by atoms with Gasteiger partial charge in [0.15, 0.2) is 0 Å². The van der Waals surface area contributed by atoms with Gasteiger partial charge in [-0.3, -0.25) is 14.9 Å². The lowest BCUT2D eigenvalue weighted by atomic mass is 10.1. The molecular weight excluding hydrogens is 384 g/mol. The van der Waals surface area contributed by atoms with Crippen molar-refractivity contribution in [3.8, 4) is 0 Å². The fourth-order valence-electron chi connectivity index (χ4n) is 2.83. The molecule has 1 aliphatic heterocycles. The summed E-state index contributed by atoms with van der Waals surface area (Å²) in [7, 11) is -2.05. The van der Waals surface area contributed by atoms with Gasteiger partial charge in [-0.25, -0.2) is 0 Å². The van der Waals surface area contributed by atoms with Crippen molar-refractivity contribution in [1.29, 1.82) is 0 Å². The summed E-state index contributed by atoms with van der Waals surface area (Å²) in [4.78, 5) is 24.5. The molecule has 2 aromatic carbocycles. The highest BCUT2D eigenvalue weighted by molar-refractivity contribution is 7.90. The Labute approximate surface area is 161 Å². The summed E-state index contributed by atoms with van der Waals surface area (Å²) in [6.07, 6.45) is 1.47. The number of sulfonamides is 1. The van der Waals surface area contributed by atoms with Gasteiger partial charge in [-0.1, -0.05) is 12.1 Å². The maximum absolute atomic E-state index is 12.4. The third-order valence-electron chi connectivity index (χ3n) is 4.32. The first-order chi connectivity index (χ1) is 13.3. The van der Waals surface area contributed by atoms with E-state index < -0.39 is 20.9 Å². The minimum atomic E-state index is -3.85. The number of nitro groups is 1. The van der Waals surface area contributed by atoms with Crippen LogP contribution < -0.4 is 5.32 Å². The lowest BCUT2D eigenvalue weighted by molar-refractivity contribution is -0.385. The highest BCUT2D eigenvalue weighted by Gasteiger charge is 2.21. The van der Waals surface area contributed by atoms with Crippen LogP contribution in [0.3, 0.4) is 0 Å². The van der Waals surface area contributed by atoms with E-state index in [1.807, 2.05) is 0 Å². The number of benzene rings is 2. The SMILES string of the molecule is CN1CCCC1=NS(=O)(=O)c1ccc(NC(=O)c2ccccc2[N+](=O)[O-])cc1. The van der Waals surface area contributed by atoms with Crippen molar-refractivity contribution < 1.29 is 18.1 Å². The smallest absolute Gasteiger partial charge is 0.283 e. The normalized spacial score (nSPS) is 15.6. The zero-order chi connectivity index (χ0) is 20.3. The summed E-state index contributed by atoms with van der Waals surface area (Å²) >= 11 is 0. The van der Waals surface area contributed by atoms with E-state index in [1.54, 1.807) is 11.9 Å². The minimum absolute atomic E-state index is 0.00370. The molecule has 2 aromatic rings. The Morgan fingerprint density at radius 2 is 1.86 bits per heavy atom. The van der Waals surface area contributed by atoms with Crippen LogP contribution >= 0.6 is 0 Å². The van der Waals surface area contributed by atoms with Crippen molar-refractivity contribution >= 4 is 33.1 Å². The van der Waals surface area contributed by atoms with E-state index in [0.29, 0.717) is 17.9 Å². The van der Waals surface area contributed by atoms with E-state index in [0.717, 1.165) is 13.0 Å². The first-order valence-corrected chi connectivity index (χ1v) is 9.92. The second-order valence-corrected chi connectivity index (χ2v) is 7.86. The van der Waals surface area contributed by atoms with Crippen LogP contribution in [0.1, 0.15) is 23.2 Å². The van der Waals surface area contributed by atoms with Gasteiger partial charge in [0.05, 0.1) is 9.82 Å². The number of carbonyl (C=O) groups excluding carboxylic acids is 1. The average molecular weight is 402 g/mol. The predicted octanol–water partition coefficient (Wildman–Crippen LogP) is 2.66. The van der Waals surface area contributed by atoms with Crippen molar-refractivity contribution in [3.05, 3.63) is 64.2 Å². The molecule has 9 nitrogen and oxygen atoms in total. The Bertz CT molecular complexity index is 1050. The summed E-state index contributed by atoms with van der Waals surface area (Å²) in [5.74, 6) is -0.135. The molecule has 1 saturated heterocycles. The summed E-state index contributed by atoms with van der Waals surface area (Å²) in [5, 5.41) is 13.6. The number of amides is 1. The molecule has 0 saturated carbocycles. The molecule has 1 heterocycles. The van der Waals surface area contributed by atoms with Crippen molar-refractivity contribution in [1.82, 2.24) is 4.90 Å². The van der Waals surface area contributed by atoms with Crippen LogP contribution in [0, 0.1) is 10.1 Å². The van der Waals surface area contributed by atoms with Gasteiger partial charge in [0.2, 0.25) is 0 Å². The molecule has 0 bridgehead atoms. The fraction of sp³-hybridized carbons (Fsp3) is 0.222. The summed E-state index contributed by atoms with van der Waals surface area (Å²) < 4.78 is 28.7. The molecular formula is C18H18N4O5S. The molecule has 0 aromatic heterocycles. The van der Waals surface area contributed by atoms with Gasteiger partial charge in [0.1, 0.15) is 11.4 Å². The third-order valence-corrected chi connectivity index (χ3v) is 5.63. The average Bonchev–Trinajstić information content (AvgIpc) is 3.06. The molecule has 1 fully saturated rings. The van der Waals surface area contributed by atoms with Crippen LogP contribution in [-0.2, 0) is 10.0 Å². The first-order valence-electron chi connectivity index (χ1n) is 8.48. The zero-order valence-corrected chi connectivity index (χ0v) is 15.8. The molecule has 146 valence electrons. The Balaban J connectivity index is 1.78. The highest BCUT2D eigenvalue weighted by atomic mass is 32.2. The molecule has 1 aliphatic rings. The maximum Gasteiger partial charge on any atom is 0.283 e. The van der Waals surface area contributed by atoms with Gasteiger partial charge in [0, 0.05) is 31.8 Å². The Hall–Kier alpha value is -3.27. The number of para-hydroxylation sites is 1. The lowest BCUT2D eigenvalue weighted by Gasteiger charge is -2.11. The Morgan fingerprint density at radius 3 is 2.46 bits per heavy atom. The number of anilines is 1. The van der Waals surface area contributed by atoms with Crippen LogP contribution in [0.25, 0.3) is 0 Å². The monoisotopic (exact) mass is 402 g/mol. The number of amidine groups is 1. The molecule has 0 unspecified atom stereocenters. The molecule has 0 atom stereocenters. The second kappa shape index (κ2) is 7.77. The minimum Gasteiger partial charge on any atom is -0.362 e. The first kappa shape index (κ1) is 19.5. The molecule has 3 rings (SSSR count). The largest absolute Gasteiger partial charge is 0.362 e. The maximum atomic E-state index is 12.4. The number of rotatable bonds is 5. The topological polar surface area (TPSA) is 122 Å². The van der Waals surface area contributed by atoms with Gasteiger partial charge in [0.25, 0.3) is 21.6 Å². The summed E-state index contributed by atoms with van der Waals surface area (Å²) in [6.45, 7) is 0.769. The number of carbonyl (C=O) groups is 1. The Morgan fingerprint density at radius 1 is 1.18 bits per heavy atom. The predicted molar refractivity (Wildman–Crippen MR) is 104 cm³/mol. The van der Waals surface area contributed by atoms with Crippen molar-refractivity contribution in [2.24, 2.45) is 4.40 Å². The number of likely N-dealkylation sites (tertiary alicyclic amines) is 1. The molecule has 10 heteroatoms. The van der Waals surface area contributed by atoms with E-state index >= 15 is 0 Å². The van der Waals surface area contributed by atoms with Gasteiger partial charge >= 0.3 is 0 Å². The van der Waals surface area contributed by atoms with E-state index in [4.69, 9.17) is 0 Å². The van der Waals surface area contributed by atoms with Crippen molar-refractivity contribution in [2.45, 2.75) is 17.7 Å². The van der Waals surface area contributed by atoms with Gasteiger partial charge in [-0.15, -0.1) is 4.40 Å². The van der Waals surface area contributed by atoms with E-state index in [1.165, 1.54) is 48.5 Å². The number of nitrogens with zero attached hydrogens (tertiary/aromatic N) is 3. The fourth-order valence-corrected chi connectivity index (χ4v) is 3.93.